The summed E-state index contributed by atoms with van der Waals surface area (Å²) in [6.07, 6.45) is 3.21. The number of aromatic nitrogens is 1. The van der Waals surface area contributed by atoms with E-state index >= 15 is 0 Å². The summed E-state index contributed by atoms with van der Waals surface area (Å²) in [5, 5.41) is 3.96. The quantitative estimate of drug-likeness (QED) is 0.554. The first-order chi connectivity index (χ1) is 15.0. The minimum Gasteiger partial charge on any atom is -0.464 e. The van der Waals surface area contributed by atoms with Crippen molar-refractivity contribution in [2.24, 2.45) is 5.92 Å². The zero-order valence-corrected chi connectivity index (χ0v) is 18.2. The topological polar surface area (TPSA) is 74.4 Å². The van der Waals surface area contributed by atoms with Gasteiger partial charge in [-0.15, -0.1) is 0 Å². The molecule has 162 valence electrons. The molecule has 2 aromatic carbocycles. The van der Waals surface area contributed by atoms with Crippen molar-refractivity contribution >= 4 is 40.1 Å². The number of piperidine rings is 1. The Morgan fingerprint density at radius 2 is 1.87 bits per heavy atom. The number of carbonyl (C=O) groups is 2. The Labute approximate surface area is 186 Å². The lowest BCUT2D eigenvalue weighted by Gasteiger charge is -2.31. The van der Waals surface area contributed by atoms with Crippen LogP contribution in [0, 0.1) is 5.92 Å². The molecule has 4 rings (SSSR count). The summed E-state index contributed by atoms with van der Waals surface area (Å²) in [6, 6.07) is 15.9. The minimum absolute atomic E-state index is 0.174. The number of anilines is 1. The van der Waals surface area contributed by atoms with E-state index in [2.05, 4.69) is 39.5 Å². The summed E-state index contributed by atoms with van der Waals surface area (Å²) in [6.45, 7) is 2.03. The molecule has 1 saturated heterocycles. The first-order valence-electron chi connectivity index (χ1n) is 10.5. The SMILES string of the molecule is COC(=O)c1[nH]c2cccc(Cl)c2c1NC(=O)CN1CCC(Cc2ccccc2)CC1. The maximum atomic E-state index is 12.8. The molecule has 0 saturated carbocycles. The molecule has 0 atom stereocenters. The maximum Gasteiger partial charge on any atom is 0.356 e. The summed E-state index contributed by atoms with van der Waals surface area (Å²) in [7, 11) is 1.31. The predicted molar refractivity (Wildman–Crippen MR) is 123 cm³/mol. The summed E-state index contributed by atoms with van der Waals surface area (Å²) in [4.78, 5) is 30.2. The smallest absolute Gasteiger partial charge is 0.356 e. The fourth-order valence-corrected chi connectivity index (χ4v) is 4.53. The Morgan fingerprint density at radius 1 is 1.13 bits per heavy atom. The van der Waals surface area contributed by atoms with E-state index in [1.165, 1.54) is 12.7 Å². The second-order valence-electron chi connectivity index (χ2n) is 7.99. The van der Waals surface area contributed by atoms with E-state index in [1.54, 1.807) is 18.2 Å². The summed E-state index contributed by atoms with van der Waals surface area (Å²) in [5.41, 5.74) is 2.60. The Bertz CT molecular complexity index is 1070. The first-order valence-corrected chi connectivity index (χ1v) is 10.9. The van der Waals surface area contributed by atoms with Crippen molar-refractivity contribution in [3.05, 3.63) is 64.8 Å². The number of aromatic amines is 1. The second-order valence-corrected chi connectivity index (χ2v) is 8.39. The van der Waals surface area contributed by atoms with Crippen molar-refractivity contribution in [1.29, 1.82) is 0 Å². The van der Waals surface area contributed by atoms with Crippen molar-refractivity contribution in [2.75, 3.05) is 32.1 Å². The van der Waals surface area contributed by atoms with Gasteiger partial charge in [-0.2, -0.15) is 0 Å². The lowest BCUT2D eigenvalue weighted by molar-refractivity contribution is -0.117. The lowest BCUT2D eigenvalue weighted by atomic mass is 9.90. The number of fused-ring (bicyclic) bond motifs is 1. The van der Waals surface area contributed by atoms with Crippen LogP contribution in [-0.4, -0.2) is 48.5 Å². The van der Waals surface area contributed by atoms with Crippen molar-refractivity contribution in [1.82, 2.24) is 9.88 Å². The number of methoxy groups -OCH3 is 1. The monoisotopic (exact) mass is 439 g/mol. The molecule has 0 aliphatic carbocycles. The molecule has 0 unspecified atom stereocenters. The summed E-state index contributed by atoms with van der Waals surface area (Å²) >= 11 is 6.35. The number of nitrogens with one attached hydrogen (secondary N) is 2. The van der Waals surface area contributed by atoms with Gasteiger partial charge < -0.3 is 15.0 Å². The van der Waals surface area contributed by atoms with E-state index in [9.17, 15) is 9.59 Å². The molecule has 31 heavy (non-hydrogen) atoms. The molecule has 2 heterocycles. The van der Waals surface area contributed by atoms with E-state index < -0.39 is 5.97 Å². The van der Waals surface area contributed by atoms with E-state index in [0.29, 0.717) is 27.5 Å². The van der Waals surface area contributed by atoms with Gasteiger partial charge in [0, 0.05) is 10.9 Å². The van der Waals surface area contributed by atoms with Gasteiger partial charge in [-0.3, -0.25) is 9.69 Å². The highest BCUT2D eigenvalue weighted by Gasteiger charge is 2.24. The van der Waals surface area contributed by atoms with Gasteiger partial charge >= 0.3 is 5.97 Å². The van der Waals surface area contributed by atoms with E-state index in [1.807, 2.05) is 6.07 Å². The number of hydrogen-bond donors (Lipinski definition) is 2. The van der Waals surface area contributed by atoms with Crippen LogP contribution in [0.15, 0.2) is 48.5 Å². The van der Waals surface area contributed by atoms with E-state index in [-0.39, 0.29) is 18.1 Å². The molecule has 6 nitrogen and oxygen atoms in total. The van der Waals surface area contributed by atoms with Crippen molar-refractivity contribution in [2.45, 2.75) is 19.3 Å². The number of esters is 1. The molecule has 2 N–H and O–H groups in total. The Morgan fingerprint density at radius 3 is 2.58 bits per heavy atom. The normalized spacial score (nSPS) is 15.2. The zero-order chi connectivity index (χ0) is 21.8. The predicted octanol–water partition coefficient (Wildman–Crippen LogP) is 4.50. The lowest BCUT2D eigenvalue weighted by Crippen LogP contribution is -2.39. The highest BCUT2D eigenvalue weighted by atomic mass is 35.5. The number of hydrogen-bond acceptors (Lipinski definition) is 4. The maximum absolute atomic E-state index is 12.8. The Kier molecular flexibility index (Phi) is 6.59. The molecule has 7 heteroatoms. The molecule has 1 amide bonds. The van der Waals surface area contributed by atoms with Gasteiger partial charge in [0.2, 0.25) is 5.91 Å². The number of halogens is 1. The highest BCUT2D eigenvalue weighted by molar-refractivity contribution is 6.37. The molecule has 1 aromatic heterocycles. The van der Waals surface area contributed by atoms with Gasteiger partial charge in [0.05, 0.1) is 24.4 Å². The first kappa shape index (κ1) is 21.4. The van der Waals surface area contributed by atoms with Crippen LogP contribution in [0.5, 0.6) is 0 Å². The second kappa shape index (κ2) is 9.54. The molecular weight excluding hydrogens is 414 g/mol. The highest BCUT2D eigenvalue weighted by Crippen LogP contribution is 2.34. The summed E-state index contributed by atoms with van der Waals surface area (Å²) < 4.78 is 4.86. The molecule has 3 aromatic rings. The van der Waals surface area contributed by atoms with Crippen LogP contribution >= 0.6 is 11.6 Å². The van der Waals surface area contributed by atoms with Crippen LogP contribution in [0.1, 0.15) is 28.9 Å². The van der Waals surface area contributed by atoms with Crippen LogP contribution < -0.4 is 5.32 Å². The van der Waals surface area contributed by atoms with Gasteiger partial charge in [-0.25, -0.2) is 4.79 Å². The van der Waals surface area contributed by atoms with Gasteiger partial charge in [-0.1, -0.05) is 48.0 Å². The van der Waals surface area contributed by atoms with Gasteiger partial charge in [0.25, 0.3) is 0 Å². The van der Waals surface area contributed by atoms with Crippen LogP contribution in [0.3, 0.4) is 0 Å². The third-order valence-electron chi connectivity index (χ3n) is 5.87. The van der Waals surface area contributed by atoms with Crippen molar-refractivity contribution in [3.63, 3.8) is 0 Å². The number of likely N-dealkylation sites (tertiary alicyclic amines) is 1. The summed E-state index contributed by atoms with van der Waals surface area (Å²) in [5.74, 6) is -0.0863. The third-order valence-corrected chi connectivity index (χ3v) is 6.18. The van der Waals surface area contributed by atoms with Crippen molar-refractivity contribution in [3.8, 4) is 0 Å². The molecule has 1 aliphatic heterocycles. The van der Waals surface area contributed by atoms with Crippen LogP contribution in [-0.2, 0) is 16.0 Å². The van der Waals surface area contributed by atoms with Crippen LogP contribution in [0.25, 0.3) is 10.9 Å². The average Bonchev–Trinajstić information content (AvgIpc) is 3.15. The van der Waals surface area contributed by atoms with Crippen LogP contribution in [0.2, 0.25) is 5.02 Å². The number of rotatable bonds is 6. The van der Waals surface area contributed by atoms with Gasteiger partial charge in [0.15, 0.2) is 0 Å². The number of ether oxygens (including phenoxy) is 1. The van der Waals surface area contributed by atoms with Gasteiger partial charge in [0.1, 0.15) is 5.69 Å². The molecular formula is C24H26ClN3O3. The fraction of sp³-hybridized carbons (Fsp3) is 0.333. The third kappa shape index (κ3) is 4.92. The largest absolute Gasteiger partial charge is 0.464 e. The molecule has 0 radical (unpaired) electrons. The Hall–Kier alpha value is -2.83. The van der Waals surface area contributed by atoms with Crippen molar-refractivity contribution < 1.29 is 14.3 Å². The fourth-order valence-electron chi connectivity index (χ4n) is 4.26. The van der Waals surface area contributed by atoms with E-state index in [4.69, 9.17) is 16.3 Å². The van der Waals surface area contributed by atoms with E-state index in [0.717, 1.165) is 32.4 Å². The van der Waals surface area contributed by atoms with Crippen LogP contribution in [0.4, 0.5) is 5.69 Å². The number of H-pyrrole nitrogens is 1. The molecule has 1 aliphatic rings. The molecule has 0 spiro atoms. The Balaban J connectivity index is 1.39. The number of benzene rings is 2. The minimum atomic E-state index is -0.552. The van der Waals surface area contributed by atoms with Gasteiger partial charge in [-0.05, 0) is 56.0 Å². The average molecular weight is 440 g/mol. The number of amides is 1. The molecule has 1 fully saturated rings. The standard InChI is InChI=1S/C24H26ClN3O3/c1-31-24(30)23-22(21-18(25)8-5-9-19(21)26-23)27-20(29)15-28-12-10-17(11-13-28)14-16-6-3-2-4-7-16/h2-9,17,26H,10-15H2,1H3,(H,27,29). The molecule has 0 bridgehead atoms. The number of carbonyl (C=O) groups excluding carboxylic acids is 2. The zero-order valence-electron chi connectivity index (χ0n) is 17.5. The number of nitrogens with zero attached hydrogens (tertiary/aromatic N) is 1.